The topological polar surface area (TPSA) is 95.0 Å². The fourth-order valence-corrected chi connectivity index (χ4v) is 6.19. The lowest BCUT2D eigenvalue weighted by Crippen LogP contribution is -2.50. The lowest BCUT2D eigenvalue weighted by atomic mass is 10.0. The maximum Gasteiger partial charge on any atom is 0.307 e. The Morgan fingerprint density at radius 2 is 1.58 bits per heavy atom. The van der Waals surface area contributed by atoms with E-state index in [4.69, 9.17) is 5.11 Å². The molecule has 2 saturated heterocycles. The normalized spacial score (nSPS) is 29.9. The van der Waals surface area contributed by atoms with Gasteiger partial charge in [0.05, 0.1) is 11.2 Å². The predicted molar refractivity (Wildman–Crippen MR) is 87.8 cm³/mol. The molecule has 1 amide bonds. The van der Waals surface area contributed by atoms with Crippen LogP contribution in [0.3, 0.4) is 0 Å². The highest BCUT2D eigenvalue weighted by Gasteiger charge is 2.42. The Balaban J connectivity index is 1.65. The smallest absolute Gasteiger partial charge is 0.307 e. The molecule has 3 aliphatic rings. The van der Waals surface area contributed by atoms with E-state index >= 15 is 0 Å². The first-order chi connectivity index (χ1) is 11.4. The second kappa shape index (κ2) is 7.00. The van der Waals surface area contributed by atoms with Gasteiger partial charge in [0, 0.05) is 32.1 Å². The van der Waals surface area contributed by atoms with E-state index in [1.165, 1.54) is 4.31 Å². The minimum atomic E-state index is -3.54. The van der Waals surface area contributed by atoms with Gasteiger partial charge in [0.15, 0.2) is 0 Å². The number of aliphatic carboxylic acids is 1. The lowest BCUT2D eigenvalue weighted by molar-refractivity contribution is -0.141. The van der Waals surface area contributed by atoms with Crippen molar-refractivity contribution in [1.29, 1.82) is 0 Å². The maximum absolute atomic E-state index is 12.8. The van der Waals surface area contributed by atoms with Gasteiger partial charge in [0.1, 0.15) is 0 Å². The number of carbonyl (C=O) groups excluding carboxylic acids is 1. The van der Waals surface area contributed by atoms with Crippen molar-refractivity contribution in [2.75, 3.05) is 26.2 Å². The van der Waals surface area contributed by atoms with Gasteiger partial charge in [-0.25, -0.2) is 12.7 Å². The standard InChI is InChI=1S/C16H26N2O5S/c19-15(12-4-1-2-5-12)17-8-3-6-14(11-17)24(22,23)18-9-7-13(10-18)16(20)21/h12-14H,1-11H2,(H,20,21). The molecule has 0 bridgehead atoms. The number of piperidine rings is 1. The molecule has 2 atom stereocenters. The van der Waals surface area contributed by atoms with Crippen molar-refractivity contribution >= 4 is 21.9 Å². The zero-order valence-electron chi connectivity index (χ0n) is 13.9. The van der Waals surface area contributed by atoms with Gasteiger partial charge in [0.2, 0.25) is 15.9 Å². The van der Waals surface area contributed by atoms with Crippen molar-refractivity contribution in [2.45, 2.75) is 50.2 Å². The molecule has 0 aromatic carbocycles. The number of hydrogen-bond acceptors (Lipinski definition) is 4. The van der Waals surface area contributed by atoms with Crippen LogP contribution < -0.4 is 0 Å². The average molecular weight is 358 g/mol. The minimum Gasteiger partial charge on any atom is -0.481 e. The third-order valence-corrected chi connectivity index (χ3v) is 7.95. The van der Waals surface area contributed by atoms with Crippen molar-refractivity contribution in [2.24, 2.45) is 11.8 Å². The second-order valence-electron chi connectivity index (χ2n) is 7.26. The van der Waals surface area contributed by atoms with Crippen LogP contribution in [0.15, 0.2) is 0 Å². The molecule has 0 radical (unpaired) electrons. The van der Waals surface area contributed by atoms with Crippen molar-refractivity contribution in [3.05, 3.63) is 0 Å². The van der Waals surface area contributed by atoms with E-state index in [1.807, 2.05) is 0 Å². The molecule has 1 N–H and O–H groups in total. The summed E-state index contributed by atoms with van der Waals surface area (Å²) in [6, 6.07) is 0. The maximum atomic E-state index is 12.8. The predicted octanol–water partition coefficient (Wildman–Crippen LogP) is 0.904. The number of carboxylic acid groups (broad SMARTS) is 1. The van der Waals surface area contributed by atoms with Crippen molar-refractivity contribution in [3.8, 4) is 0 Å². The van der Waals surface area contributed by atoms with E-state index in [0.717, 1.165) is 25.7 Å². The molecular formula is C16H26N2O5S. The summed E-state index contributed by atoms with van der Waals surface area (Å²) in [4.78, 5) is 25.4. The number of hydrogen-bond donors (Lipinski definition) is 1. The summed E-state index contributed by atoms with van der Waals surface area (Å²) in [6.45, 7) is 1.22. The molecule has 3 fully saturated rings. The monoisotopic (exact) mass is 358 g/mol. The van der Waals surface area contributed by atoms with Gasteiger partial charge < -0.3 is 10.0 Å². The Kier molecular flexibility index (Phi) is 5.15. The van der Waals surface area contributed by atoms with Crippen molar-refractivity contribution in [1.82, 2.24) is 9.21 Å². The zero-order chi connectivity index (χ0) is 17.3. The Bertz CT molecular complexity index is 600. The zero-order valence-corrected chi connectivity index (χ0v) is 14.7. The number of amides is 1. The molecule has 136 valence electrons. The third kappa shape index (κ3) is 3.44. The Hall–Kier alpha value is -1.15. The van der Waals surface area contributed by atoms with Crippen LogP contribution in [0.1, 0.15) is 44.9 Å². The first-order valence-corrected chi connectivity index (χ1v) is 10.4. The largest absolute Gasteiger partial charge is 0.481 e. The number of likely N-dealkylation sites (tertiary alicyclic amines) is 1. The van der Waals surface area contributed by atoms with Crippen LogP contribution in [0, 0.1) is 11.8 Å². The van der Waals surface area contributed by atoms with Gasteiger partial charge in [0.25, 0.3) is 0 Å². The van der Waals surface area contributed by atoms with E-state index in [2.05, 4.69) is 0 Å². The molecule has 2 heterocycles. The molecule has 1 aliphatic carbocycles. The molecule has 8 heteroatoms. The van der Waals surface area contributed by atoms with Gasteiger partial charge in [-0.1, -0.05) is 12.8 Å². The average Bonchev–Trinajstić information content (AvgIpc) is 3.26. The van der Waals surface area contributed by atoms with Crippen LogP contribution in [-0.4, -0.2) is 66.0 Å². The fourth-order valence-electron chi connectivity index (χ4n) is 4.18. The third-order valence-electron chi connectivity index (χ3n) is 5.68. The highest BCUT2D eigenvalue weighted by Crippen LogP contribution is 2.30. The Labute approximate surface area is 143 Å². The molecular weight excluding hydrogens is 332 g/mol. The lowest BCUT2D eigenvalue weighted by Gasteiger charge is -2.35. The molecule has 2 unspecified atom stereocenters. The first-order valence-electron chi connectivity index (χ1n) is 8.90. The number of sulfonamides is 1. The van der Waals surface area contributed by atoms with Gasteiger partial charge in [-0.2, -0.15) is 0 Å². The molecule has 0 aromatic rings. The second-order valence-corrected chi connectivity index (χ2v) is 9.47. The van der Waals surface area contributed by atoms with Crippen molar-refractivity contribution in [3.63, 3.8) is 0 Å². The van der Waals surface area contributed by atoms with E-state index in [9.17, 15) is 18.0 Å². The van der Waals surface area contributed by atoms with Gasteiger partial charge >= 0.3 is 5.97 Å². The van der Waals surface area contributed by atoms with E-state index < -0.39 is 27.2 Å². The van der Waals surface area contributed by atoms with Gasteiger partial charge in [-0.3, -0.25) is 9.59 Å². The Morgan fingerprint density at radius 3 is 2.21 bits per heavy atom. The highest BCUT2D eigenvalue weighted by atomic mass is 32.2. The molecule has 24 heavy (non-hydrogen) atoms. The fraction of sp³-hybridized carbons (Fsp3) is 0.875. The summed E-state index contributed by atoms with van der Waals surface area (Å²) in [5.74, 6) is -1.37. The van der Waals surface area contributed by atoms with Crippen LogP contribution >= 0.6 is 0 Å². The summed E-state index contributed by atoms with van der Waals surface area (Å²) in [5.41, 5.74) is 0. The van der Waals surface area contributed by atoms with Crippen LogP contribution in [-0.2, 0) is 19.6 Å². The van der Waals surface area contributed by atoms with E-state index in [0.29, 0.717) is 25.8 Å². The molecule has 7 nitrogen and oxygen atoms in total. The van der Waals surface area contributed by atoms with E-state index in [-0.39, 0.29) is 31.5 Å². The summed E-state index contributed by atoms with van der Waals surface area (Å²) in [5, 5.41) is 8.48. The van der Waals surface area contributed by atoms with Crippen LogP contribution in [0.25, 0.3) is 0 Å². The SMILES string of the molecule is O=C(O)C1CCN(S(=O)(=O)C2CCCN(C(=O)C3CCCC3)C2)C1. The van der Waals surface area contributed by atoms with Crippen LogP contribution in [0.5, 0.6) is 0 Å². The van der Waals surface area contributed by atoms with Gasteiger partial charge in [-0.05, 0) is 32.1 Å². The van der Waals surface area contributed by atoms with E-state index in [1.54, 1.807) is 4.90 Å². The number of rotatable bonds is 4. The summed E-state index contributed by atoms with van der Waals surface area (Å²) in [6.07, 6.45) is 5.60. The highest BCUT2D eigenvalue weighted by molar-refractivity contribution is 7.89. The number of carbonyl (C=O) groups is 2. The summed E-state index contributed by atoms with van der Waals surface area (Å²) >= 11 is 0. The first kappa shape index (κ1) is 17.7. The molecule has 1 saturated carbocycles. The Morgan fingerprint density at radius 1 is 0.875 bits per heavy atom. The number of carboxylic acids is 1. The number of nitrogens with zero attached hydrogens (tertiary/aromatic N) is 2. The summed E-state index contributed by atoms with van der Waals surface area (Å²) in [7, 11) is -3.54. The quantitative estimate of drug-likeness (QED) is 0.806. The van der Waals surface area contributed by atoms with Crippen LogP contribution in [0.4, 0.5) is 0 Å². The molecule has 0 spiro atoms. The molecule has 3 rings (SSSR count). The summed E-state index contributed by atoms with van der Waals surface area (Å²) < 4.78 is 27.0. The van der Waals surface area contributed by atoms with Gasteiger partial charge in [-0.15, -0.1) is 0 Å². The molecule has 2 aliphatic heterocycles. The van der Waals surface area contributed by atoms with Crippen LogP contribution in [0.2, 0.25) is 0 Å². The minimum absolute atomic E-state index is 0.0603. The van der Waals surface area contributed by atoms with Crippen molar-refractivity contribution < 1.29 is 23.1 Å². The molecule has 0 aromatic heterocycles.